The molecule has 1 saturated heterocycles. The van der Waals surface area contributed by atoms with Crippen LogP contribution in [0, 0.1) is 0 Å². The molecule has 0 saturated carbocycles. The van der Waals surface area contributed by atoms with Crippen molar-refractivity contribution in [2.45, 2.75) is 6.04 Å². The van der Waals surface area contributed by atoms with Gasteiger partial charge in [-0.05, 0) is 6.07 Å². The molecule has 1 aliphatic rings. The van der Waals surface area contributed by atoms with Gasteiger partial charge in [0.15, 0.2) is 0 Å². The number of amides is 1. The number of carbonyl (C=O) groups is 1. The number of hydrogen-bond acceptors (Lipinski definition) is 4. The van der Waals surface area contributed by atoms with E-state index in [0.29, 0.717) is 10.6 Å². The molecule has 6 nitrogen and oxygen atoms in total. The molecule has 0 aromatic carbocycles. The van der Waals surface area contributed by atoms with E-state index in [1.807, 2.05) is 6.07 Å². The highest BCUT2D eigenvalue weighted by Gasteiger charge is 2.30. The molecule has 19 heavy (non-hydrogen) atoms. The van der Waals surface area contributed by atoms with E-state index < -0.39 is 5.91 Å². The van der Waals surface area contributed by atoms with Gasteiger partial charge in [-0.1, -0.05) is 11.6 Å². The highest BCUT2D eigenvalue weighted by Crippen LogP contribution is 2.32. The topological polar surface area (TPSA) is 77.0 Å². The highest BCUT2D eigenvalue weighted by atomic mass is 35.5. The summed E-state index contributed by atoms with van der Waals surface area (Å²) in [6.45, 7) is 1.59. The molecule has 2 N–H and O–H groups in total. The molecule has 0 spiro atoms. The lowest BCUT2D eigenvalue weighted by Crippen LogP contribution is -2.48. The average Bonchev–Trinajstić information content (AvgIpc) is 2.79. The van der Waals surface area contributed by atoms with Gasteiger partial charge in [0.25, 0.3) is 5.91 Å². The molecule has 1 fully saturated rings. The maximum absolute atomic E-state index is 11.0. The van der Waals surface area contributed by atoms with Crippen LogP contribution >= 0.6 is 11.6 Å². The summed E-state index contributed by atoms with van der Waals surface area (Å²) in [4.78, 5) is 17.1. The van der Waals surface area contributed by atoms with Gasteiger partial charge in [0, 0.05) is 31.7 Å². The van der Waals surface area contributed by atoms with Crippen molar-refractivity contribution in [1.29, 1.82) is 0 Å². The maximum atomic E-state index is 11.0. The molecular formula is C12H12ClN5O. The maximum Gasteiger partial charge on any atom is 0.251 e. The van der Waals surface area contributed by atoms with Crippen LogP contribution in [0.3, 0.4) is 0 Å². The van der Waals surface area contributed by atoms with Crippen LogP contribution in [0.25, 0.3) is 0 Å². The molecule has 0 unspecified atom stereocenters. The van der Waals surface area contributed by atoms with E-state index in [0.717, 1.165) is 18.8 Å². The van der Waals surface area contributed by atoms with Crippen LogP contribution in [0.2, 0.25) is 5.02 Å². The number of rotatable bonds is 3. The van der Waals surface area contributed by atoms with Crippen LogP contribution in [0.1, 0.15) is 16.4 Å². The molecule has 0 radical (unpaired) electrons. The van der Waals surface area contributed by atoms with E-state index in [2.05, 4.69) is 15.0 Å². The van der Waals surface area contributed by atoms with Gasteiger partial charge < -0.3 is 10.6 Å². The van der Waals surface area contributed by atoms with Crippen LogP contribution in [-0.4, -0.2) is 33.8 Å². The minimum atomic E-state index is -0.459. The Morgan fingerprint density at radius 3 is 2.84 bits per heavy atom. The first-order chi connectivity index (χ1) is 9.15. The van der Waals surface area contributed by atoms with Crippen molar-refractivity contribution < 1.29 is 4.79 Å². The number of anilines is 1. The van der Waals surface area contributed by atoms with Crippen molar-refractivity contribution in [3.8, 4) is 0 Å². The fourth-order valence-corrected chi connectivity index (χ4v) is 2.35. The minimum absolute atomic E-state index is 0.234. The van der Waals surface area contributed by atoms with Gasteiger partial charge in [-0.2, -0.15) is 5.10 Å². The summed E-state index contributed by atoms with van der Waals surface area (Å²) in [6.07, 6.45) is 6.51. The summed E-state index contributed by atoms with van der Waals surface area (Å²) in [5.74, 6) is -0.459. The van der Waals surface area contributed by atoms with Gasteiger partial charge in [0.2, 0.25) is 0 Å². The Morgan fingerprint density at radius 2 is 2.21 bits per heavy atom. The molecule has 3 heterocycles. The summed E-state index contributed by atoms with van der Waals surface area (Å²) in [5, 5.41) is 4.79. The van der Waals surface area contributed by atoms with Crippen molar-refractivity contribution in [2.24, 2.45) is 5.73 Å². The SMILES string of the molecule is NC(=O)c1cnn(C2CN(c3ccncc3Cl)C2)c1. The van der Waals surface area contributed by atoms with E-state index in [-0.39, 0.29) is 6.04 Å². The average molecular weight is 278 g/mol. The number of hydrogen-bond donors (Lipinski definition) is 1. The first kappa shape index (κ1) is 12.0. The number of carbonyl (C=O) groups excluding carboxylic acids is 1. The predicted octanol–water partition coefficient (Wildman–Crippen LogP) is 1.09. The lowest BCUT2D eigenvalue weighted by atomic mass is 10.1. The third-order valence-corrected chi connectivity index (χ3v) is 3.51. The largest absolute Gasteiger partial charge is 0.366 e. The van der Waals surface area contributed by atoms with Crippen molar-refractivity contribution in [2.75, 3.05) is 18.0 Å². The summed E-state index contributed by atoms with van der Waals surface area (Å²) in [6, 6.07) is 2.12. The Hall–Kier alpha value is -2.08. The zero-order valence-corrected chi connectivity index (χ0v) is 10.8. The normalized spacial score (nSPS) is 15.3. The van der Waals surface area contributed by atoms with E-state index in [1.54, 1.807) is 23.3 Å². The second kappa shape index (κ2) is 4.55. The number of nitrogens with zero attached hydrogens (tertiary/aromatic N) is 4. The Balaban J connectivity index is 1.69. The molecule has 1 amide bonds. The lowest BCUT2D eigenvalue weighted by molar-refractivity contribution is 0.1000. The van der Waals surface area contributed by atoms with Gasteiger partial charge in [-0.3, -0.25) is 14.5 Å². The third kappa shape index (κ3) is 2.15. The lowest BCUT2D eigenvalue weighted by Gasteiger charge is -2.41. The first-order valence-electron chi connectivity index (χ1n) is 5.83. The molecular weight excluding hydrogens is 266 g/mol. The number of primary amides is 1. The zero-order chi connectivity index (χ0) is 13.4. The third-order valence-electron chi connectivity index (χ3n) is 3.21. The summed E-state index contributed by atoms with van der Waals surface area (Å²) in [7, 11) is 0. The van der Waals surface area contributed by atoms with Crippen molar-refractivity contribution >= 4 is 23.2 Å². The molecule has 2 aromatic rings. The summed E-state index contributed by atoms with van der Waals surface area (Å²) >= 11 is 6.08. The molecule has 0 bridgehead atoms. The van der Waals surface area contributed by atoms with E-state index >= 15 is 0 Å². The fourth-order valence-electron chi connectivity index (χ4n) is 2.11. The Kier molecular flexibility index (Phi) is 2.87. The van der Waals surface area contributed by atoms with Gasteiger partial charge >= 0.3 is 0 Å². The summed E-state index contributed by atoms with van der Waals surface area (Å²) < 4.78 is 1.77. The number of nitrogens with two attached hydrogens (primary N) is 1. The molecule has 1 aliphatic heterocycles. The standard InChI is InChI=1S/C12H12ClN5O/c13-10-4-15-2-1-11(10)17-6-9(7-17)18-5-8(3-16-18)12(14)19/h1-5,9H,6-7H2,(H2,14,19). The first-order valence-corrected chi connectivity index (χ1v) is 6.21. The van der Waals surface area contributed by atoms with E-state index in [9.17, 15) is 4.79 Å². The molecule has 7 heteroatoms. The Bertz CT molecular complexity index is 620. The second-order valence-corrected chi connectivity index (χ2v) is 4.87. The van der Waals surface area contributed by atoms with Gasteiger partial charge in [0.1, 0.15) is 0 Å². The monoisotopic (exact) mass is 277 g/mol. The molecule has 98 valence electrons. The van der Waals surface area contributed by atoms with Crippen LogP contribution in [-0.2, 0) is 0 Å². The number of aromatic nitrogens is 3. The quantitative estimate of drug-likeness (QED) is 0.911. The van der Waals surface area contributed by atoms with Gasteiger partial charge in [0.05, 0.1) is 28.5 Å². The van der Waals surface area contributed by atoms with E-state index in [4.69, 9.17) is 17.3 Å². The van der Waals surface area contributed by atoms with Crippen LogP contribution in [0.4, 0.5) is 5.69 Å². The van der Waals surface area contributed by atoms with Crippen LogP contribution in [0.15, 0.2) is 30.9 Å². The van der Waals surface area contributed by atoms with Crippen molar-refractivity contribution in [1.82, 2.24) is 14.8 Å². The van der Waals surface area contributed by atoms with E-state index in [1.165, 1.54) is 6.20 Å². The van der Waals surface area contributed by atoms with Crippen molar-refractivity contribution in [3.63, 3.8) is 0 Å². The van der Waals surface area contributed by atoms with Gasteiger partial charge in [-0.25, -0.2) is 0 Å². The van der Waals surface area contributed by atoms with Gasteiger partial charge in [-0.15, -0.1) is 0 Å². The smallest absolute Gasteiger partial charge is 0.251 e. The zero-order valence-electron chi connectivity index (χ0n) is 10.0. The predicted molar refractivity (Wildman–Crippen MR) is 71.2 cm³/mol. The number of halogens is 1. The summed E-state index contributed by atoms with van der Waals surface area (Å²) in [5.41, 5.74) is 6.60. The number of pyridine rings is 1. The van der Waals surface area contributed by atoms with Crippen LogP contribution < -0.4 is 10.6 Å². The minimum Gasteiger partial charge on any atom is -0.366 e. The molecule has 0 aliphatic carbocycles. The molecule has 3 rings (SSSR count). The Labute approximate surface area is 114 Å². The molecule has 2 aromatic heterocycles. The van der Waals surface area contributed by atoms with Crippen LogP contribution in [0.5, 0.6) is 0 Å². The molecule has 0 atom stereocenters. The van der Waals surface area contributed by atoms with Crippen molar-refractivity contribution in [3.05, 3.63) is 41.4 Å². The fraction of sp³-hybridized carbons (Fsp3) is 0.250. The Morgan fingerprint density at radius 1 is 1.42 bits per heavy atom. The second-order valence-electron chi connectivity index (χ2n) is 4.46. The highest BCUT2D eigenvalue weighted by molar-refractivity contribution is 6.33.